The summed E-state index contributed by atoms with van der Waals surface area (Å²) in [5.41, 5.74) is 0.530. The SMILES string of the molecule is CCN(CC)c1cc(=O)c2ccc(OCCCCC3=NCCO3)cc2o1. The van der Waals surface area contributed by atoms with Gasteiger partial charge in [0.15, 0.2) is 17.2 Å². The molecule has 0 saturated carbocycles. The first-order valence-electron chi connectivity index (χ1n) is 9.33. The number of anilines is 1. The minimum absolute atomic E-state index is 0.0305. The molecule has 0 N–H and O–H groups in total. The molecule has 0 amide bonds. The molecule has 140 valence electrons. The number of fused-ring (bicyclic) bond motifs is 1. The van der Waals surface area contributed by atoms with Crippen molar-refractivity contribution in [3.05, 3.63) is 34.5 Å². The van der Waals surface area contributed by atoms with E-state index in [1.165, 1.54) is 0 Å². The third kappa shape index (κ3) is 4.36. The average molecular weight is 358 g/mol. The van der Waals surface area contributed by atoms with Crippen LogP contribution >= 0.6 is 0 Å². The van der Waals surface area contributed by atoms with E-state index in [1.807, 2.05) is 24.8 Å². The van der Waals surface area contributed by atoms with Gasteiger partial charge in [-0.25, -0.2) is 0 Å². The number of rotatable bonds is 9. The maximum Gasteiger partial charge on any atom is 0.199 e. The highest BCUT2D eigenvalue weighted by Gasteiger charge is 2.10. The molecule has 0 fully saturated rings. The van der Waals surface area contributed by atoms with Gasteiger partial charge in [0, 0.05) is 31.6 Å². The molecule has 0 saturated heterocycles. The second-order valence-corrected chi connectivity index (χ2v) is 6.21. The Kier molecular flexibility index (Phi) is 6.15. The van der Waals surface area contributed by atoms with Gasteiger partial charge in [0.05, 0.1) is 18.5 Å². The summed E-state index contributed by atoms with van der Waals surface area (Å²) in [5.74, 6) is 2.18. The van der Waals surface area contributed by atoms with Crippen molar-refractivity contribution < 1.29 is 13.9 Å². The number of unbranched alkanes of at least 4 members (excludes halogenated alkanes) is 1. The first-order valence-corrected chi connectivity index (χ1v) is 9.33. The number of benzene rings is 1. The molecule has 26 heavy (non-hydrogen) atoms. The summed E-state index contributed by atoms with van der Waals surface area (Å²) in [7, 11) is 0. The van der Waals surface area contributed by atoms with Crippen molar-refractivity contribution in [2.45, 2.75) is 33.1 Å². The van der Waals surface area contributed by atoms with E-state index in [2.05, 4.69) is 4.99 Å². The van der Waals surface area contributed by atoms with Crippen LogP contribution in [0.5, 0.6) is 5.75 Å². The highest BCUT2D eigenvalue weighted by atomic mass is 16.5. The largest absolute Gasteiger partial charge is 0.493 e. The highest BCUT2D eigenvalue weighted by molar-refractivity contribution is 5.79. The van der Waals surface area contributed by atoms with Crippen molar-refractivity contribution >= 4 is 22.8 Å². The van der Waals surface area contributed by atoms with Crippen LogP contribution in [0.4, 0.5) is 5.88 Å². The van der Waals surface area contributed by atoms with Gasteiger partial charge in [-0.2, -0.15) is 0 Å². The molecule has 0 unspecified atom stereocenters. The van der Waals surface area contributed by atoms with Crippen molar-refractivity contribution in [2.24, 2.45) is 4.99 Å². The summed E-state index contributed by atoms with van der Waals surface area (Å²) in [5, 5.41) is 0.574. The minimum atomic E-state index is -0.0305. The molecule has 0 atom stereocenters. The Bertz CT molecular complexity index is 824. The Morgan fingerprint density at radius 2 is 2.04 bits per heavy atom. The molecule has 0 radical (unpaired) electrons. The van der Waals surface area contributed by atoms with E-state index in [4.69, 9.17) is 13.9 Å². The molecular formula is C20H26N2O4. The van der Waals surface area contributed by atoms with E-state index < -0.39 is 0 Å². The predicted molar refractivity (Wildman–Crippen MR) is 104 cm³/mol. The smallest absolute Gasteiger partial charge is 0.199 e. The zero-order valence-corrected chi connectivity index (χ0v) is 15.5. The topological polar surface area (TPSA) is 64.3 Å². The maximum absolute atomic E-state index is 12.3. The van der Waals surface area contributed by atoms with Gasteiger partial charge in [0.1, 0.15) is 17.9 Å². The summed E-state index contributed by atoms with van der Waals surface area (Å²) in [6.07, 6.45) is 2.76. The van der Waals surface area contributed by atoms with Gasteiger partial charge in [0.25, 0.3) is 0 Å². The fourth-order valence-electron chi connectivity index (χ4n) is 3.00. The van der Waals surface area contributed by atoms with Gasteiger partial charge in [-0.3, -0.25) is 9.79 Å². The molecule has 1 aromatic heterocycles. The van der Waals surface area contributed by atoms with E-state index in [9.17, 15) is 4.79 Å². The standard InChI is InChI=1S/C20H26N2O4/c1-3-22(4-2)20-14-17(23)16-9-8-15(13-18(16)26-20)24-11-6-5-7-19-21-10-12-25-19/h8-9,13-14H,3-7,10-12H2,1-2H3. The van der Waals surface area contributed by atoms with Crippen LogP contribution in [0.15, 0.2) is 38.5 Å². The van der Waals surface area contributed by atoms with Crippen molar-refractivity contribution in [1.82, 2.24) is 0 Å². The number of hydrogen-bond donors (Lipinski definition) is 0. The normalized spacial score (nSPS) is 13.5. The van der Waals surface area contributed by atoms with Gasteiger partial charge in [-0.05, 0) is 38.8 Å². The molecule has 2 aromatic rings. The van der Waals surface area contributed by atoms with E-state index in [1.54, 1.807) is 18.2 Å². The van der Waals surface area contributed by atoms with Crippen LogP contribution in [0, 0.1) is 0 Å². The Balaban J connectivity index is 1.62. The van der Waals surface area contributed by atoms with Crippen molar-refractivity contribution in [3.8, 4) is 5.75 Å². The zero-order chi connectivity index (χ0) is 18.4. The van der Waals surface area contributed by atoms with Crippen LogP contribution in [0.25, 0.3) is 11.0 Å². The van der Waals surface area contributed by atoms with Crippen LogP contribution in [0.1, 0.15) is 33.1 Å². The fourth-order valence-corrected chi connectivity index (χ4v) is 3.00. The molecule has 6 heteroatoms. The molecule has 0 aliphatic carbocycles. The quantitative estimate of drug-likeness (QED) is 0.641. The zero-order valence-electron chi connectivity index (χ0n) is 15.5. The highest BCUT2D eigenvalue weighted by Crippen LogP contribution is 2.23. The molecule has 6 nitrogen and oxygen atoms in total. The summed E-state index contributed by atoms with van der Waals surface area (Å²) in [6.45, 7) is 7.75. The molecule has 0 spiro atoms. The average Bonchev–Trinajstić information content (AvgIpc) is 3.16. The molecule has 1 aromatic carbocycles. The Labute approximate surface area is 153 Å². The molecule has 1 aliphatic rings. The molecule has 2 heterocycles. The van der Waals surface area contributed by atoms with Crippen molar-refractivity contribution in [2.75, 3.05) is 37.7 Å². The van der Waals surface area contributed by atoms with Gasteiger partial charge in [-0.15, -0.1) is 0 Å². The van der Waals surface area contributed by atoms with Crippen LogP contribution < -0.4 is 15.1 Å². The minimum Gasteiger partial charge on any atom is -0.493 e. The number of hydrogen-bond acceptors (Lipinski definition) is 6. The summed E-state index contributed by atoms with van der Waals surface area (Å²) in [4.78, 5) is 18.6. The number of nitrogens with zero attached hydrogens (tertiary/aromatic N) is 2. The third-order valence-corrected chi connectivity index (χ3v) is 4.46. The molecule has 1 aliphatic heterocycles. The van der Waals surface area contributed by atoms with E-state index in [-0.39, 0.29) is 5.43 Å². The number of ether oxygens (including phenoxy) is 2. The van der Waals surface area contributed by atoms with Crippen LogP contribution in [-0.4, -0.2) is 38.7 Å². The van der Waals surface area contributed by atoms with Gasteiger partial charge in [0.2, 0.25) is 0 Å². The lowest BCUT2D eigenvalue weighted by Gasteiger charge is -2.19. The second-order valence-electron chi connectivity index (χ2n) is 6.21. The van der Waals surface area contributed by atoms with E-state index in [0.717, 1.165) is 44.8 Å². The van der Waals surface area contributed by atoms with Crippen LogP contribution in [-0.2, 0) is 4.74 Å². The fraction of sp³-hybridized carbons (Fsp3) is 0.500. The summed E-state index contributed by atoms with van der Waals surface area (Å²) >= 11 is 0. The van der Waals surface area contributed by atoms with Gasteiger partial charge >= 0.3 is 0 Å². The molecule has 3 rings (SSSR count). The first kappa shape index (κ1) is 18.3. The third-order valence-electron chi connectivity index (χ3n) is 4.46. The van der Waals surface area contributed by atoms with Crippen molar-refractivity contribution in [1.29, 1.82) is 0 Å². The first-order chi connectivity index (χ1) is 12.7. The van der Waals surface area contributed by atoms with E-state index in [0.29, 0.717) is 35.8 Å². The lowest BCUT2D eigenvalue weighted by atomic mass is 10.2. The Morgan fingerprint density at radius 3 is 2.77 bits per heavy atom. The van der Waals surface area contributed by atoms with E-state index >= 15 is 0 Å². The number of aliphatic imine (C=N–C) groups is 1. The lowest BCUT2D eigenvalue weighted by Crippen LogP contribution is -2.23. The summed E-state index contributed by atoms with van der Waals surface area (Å²) < 4.78 is 17.1. The van der Waals surface area contributed by atoms with Gasteiger partial charge in [-0.1, -0.05) is 0 Å². The van der Waals surface area contributed by atoms with Crippen LogP contribution in [0.2, 0.25) is 0 Å². The maximum atomic E-state index is 12.3. The summed E-state index contributed by atoms with van der Waals surface area (Å²) in [6, 6.07) is 6.95. The second kappa shape index (κ2) is 8.74. The Morgan fingerprint density at radius 1 is 1.19 bits per heavy atom. The van der Waals surface area contributed by atoms with Crippen molar-refractivity contribution in [3.63, 3.8) is 0 Å². The molecule has 0 bridgehead atoms. The Hall–Kier alpha value is -2.50. The monoisotopic (exact) mass is 358 g/mol. The lowest BCUT2D eigenvalue weighted by molar-refractivity contribution is 0.302. The molecular weight excluding hydrogens is 332 g/mol. The predicted octanol–water partition coefficient (Wildman–Crippen LogP) is 3.62. The van der Waals surface area contributed by atoms with Crippen LogP contribution in [0.3, 0.4) is 0 Å². The van der Waals surface area contributed by atoms with Gasteiger partial charge < -0.3 is 18.8 Å².